The molecule has 8 heteroatoms. The molecule has 5 nitrogen and oxygen atoms in total. The van der Waals surface area contributed by atoms with Crippen molar-refractivity contribution in [1.82, 2.24) is 0 Å². The number of hydrogen-bond acceptors (Lipinski definition) is 5. The smallest absolute Gasteiger partial charge is 0.388 e. The lowest BCUT2D eigenvalue weighted by molar-refractivity contribution is -0.164. The number of benzene rings is 1. The highest BCUT2D eigenvalue weighted by molar-refractivity contribution is 9.08. The van der Waals surface area contributed by atoms with Crippen molar-refractivity contribution in [1.29, 1.82) is 0 Å². The third kappa shape index (κ3) is 5.14. The fourth-order valence-corrected chi connectivity index (χ4v) is 1.88. The highest BCUT2D eigenvalue weighted by Crippen LogP contribution is 2.30. The van der Waals surface area contributed by atoms with E-state index >= 15 is 0 Å². The van der Waals surface area contributed by atoms with E-state index in [1.807, 2.05) is 0 Å². The summed E-state index contributed by atoms with van der Waals surface area (Å²) in [5, 5.41) is 0.394. The second kappa shape index (κ2) is 6.59. The third-order valence-corrected chi connectivity index (χ3v) is 2.99. The Morgan fingerprint density at radius 3 is 2.57 bits per heavy atom. The van der Waals surface area contributed by atoms with Gasteiger partial charge in [0.1, 0.15) is 0 Å². The van der Waals surface area contributed by atoms with Gasteiger partial charge >= 0.3 is 11.9 Å². The standard InChI is InChI=1S/C13H16BrF2N3O2/c1-8(19-12(2,17)18)21-11(20)13(15,16)10-5-3-4-9(6-10)7-14/h3-6H,7,17-18H2,1-2H3/b19-8-. The molecule has 0 saturated carbocycles. The van der Waals surface area contributed by atoms with Crippen LogP contribution in [0.5, 0.6) is 0 Å². The second-order valence-electron chi connectivity index (χ2n) is 4.65. The number of nitrogens with zero attached hydrogens (tertiary/aromatic N) is 1. The van der Waals surface area contributed by atoms with Crippen molar-refractivity contribution in [3.05, 3.63) is 35.4 Å². The van der Waals surface area contributed by atoms with Crippen LogP contribution in [0.25, 0.3) is 0 Å². The first-order valence-electron chi connectivity index (χ1n) is 5.96. The molecule has 0 atom stereocenters. The van der Waals surface area contributed by atoms with Gasteiger partial charge in [0.25, 0.3) is 0 Å². The zero-order valence-corrected chi connectivity index (χ0v) is 13.2. The van der Waals surface area contributed by atoms with Crippen LogP contribution in [-0.2, 0) is 20.8 Å². The van der Waals surface area contributed by atoms with Gasteiger partial charge in [-0.3, -0.25) is 11.5 Å². The molecule has 0 unspecified atom stereocenters. The van der Waals surface area contributed by atoms with Crippen LogP contribution in [0.1, 0.15) is 25.0 Å². The number of alkyl halides is 3. The molecular formula is C13H16BrF2N3O2. The van der Waals surface area contributed by atoms with Crippen molar-refractivity contribution < 1.29 is 18.3 Å². The van der Waals surface area contributed by atoms with E-state index in [4.69, 9.17) is 11.5 Å². The molecule has 0 heterocycles. The van der Waals surface area contributed by atoms with Crippen molar-refractivity contribution in [3.8, 4) is 0 Å². The SMILES string of the molecule is C/C(=N/C(C)(N)N)OC(=O)C(F)(F)c1cccc(CBr)c1. The Balaban J connectivity index is 2.96. The molecule has 0 amide bonds. The van der Waals surface area contributed by atoms with Crippen LogP contribution in [0, 0.1) is 0 Å². The molecule has 1 rings (SSSR count). The van der Waals surface area contributed by atoms with Gasteiger partial charge < -0.3 is 4.74 Å². The molecule has 4 N–H and O–H groups in total. The lowest BCUT2D eigenvalue weighted by atomic mass is 10.1. The Morgan fingerprint density at radius 2 is 2.05 bits per heavy atom. The second-order valence-corrected chi connectivity index (χ2v) is 5.22. The molecule has 21 heavy (non-hydrogen) atoms. The van der Waals surface area contributed by atoms with Gasteiger partial charge in [-0.15, -0.1) is 0 Å². The summed E-state index contributed by atoms with van der Waals surface area (Å²) in [6, 6.07) is 5.46. The van der Waals surface area contributed by atoms with Crippen LogP contribution in [0.15, 0.2) is 29.3 Å². The monoisotopic (exact) mass is 363 g/mol. The Morgan fingerprint density at radius 1 is 1.43 bits per heavy atom. The van der Waals surface area contributed by atoms with E-state index in [0.29, 0.717) is 10.9 Å². The lowest BCUT2D eigenvalue weighted by Crippen LogP contribution is -2.45. The normalized spacial score (nSPS) is 13.2. The number of nitrogens with two attached hydrogens (primary N) is 2. The van der Waals surface area contributed by atoms with Gasteiger partial charge in [-0.25, -0.2) is 9.79 Å². The predicted octanol–water partition coefficient (Wildman–Crippen LogP) is 2.23. The number of aliphatic imine (C=N–C) groups is 1. The first kappa shape index (κ1) is 17.7. The number of halogens is 3. The largest absolute Gasteiger partial charge is 0.407 e. The minimum atomic E-state index is -3.80. The average molecular weight is 364 g/mol. The van der Waals surface area contributed by atoms with Gasteiger partial charge in [-0.05, 0) is 18.6 Å². The van der Waals surface area contributed by atoms with E-state index in [1.54, 1.807) is 6.07 Å². The van der Waals surface area contributed by atoms with Crippen molar-refractivity contribution in [2.75, 3.05) is 0 Å². The summed E-state index contributed by atoms with van der Waals surface area (Å²) in [7, 11) is 0. The number of carbonyl (C=O) groups excluding carboxylic acids is 1. The van der Waals surface area contributed by atoms with Crippen molar-refractivity contribution in [2.45, 2.75) is 30.9 Å². The van der Waals surface area contributed by atoms with Gasteiger partial charge in [0.2, 0.25) is 0 Å². The molecule has 0 aliphatic carbocycles. The van der Waals surface area contributed by atoms with Crippen molar-refractivity contribution in [2.24, 2.45) is 16.5 Å². The molecule has 0 bridgehead atoms. The van der Waals surface area contributed by atoms with E-state index < -0.39 is 23.2 Å². The highest BCUT2D eigenvalue weighted by Gasteiger charge is 2.43. The van der Waals surface area contributed by atoms with E-state index in [9.17, 15) is 13.6 Å². The number of rotatable bonds is 4. The number of esters is 1. The molecule has 1 aromatic rings. The Bertz CT molecular complexity index is 557. The Labute approximate surface area is 129 Å². The summed E-state index contributed by atoms with van der Waals surface area (Å²) >= 11 is 3.16. The molecular weight excluding hydrogens is 348 g/mol. The number of hydrogen-bond donors (Lipinski definition) is 2. The first-order valence-corrected chi connectivity index (χ1v) is 7.08. The molecule has 0 spiro atoms. The van der Waals surface area contributed by atoms with E-state index in [2.05, 4.69) is 25.7 Å². The fourth-order valence-electron chi connectivity index (χ4n) is 1.53. The van der Waals surface area contributed by atoms with Crippen LogP contribution >= 0.6 is 15.9 Å². The quantitative estimate of drug-likeness (QED) is 0.282. The zero-order valence-electron chi connectivity index (χ0n) is 11.6. The Kier molecular flexibility index (Phi) is 5.54. The van der Waals surface area contributed by atoms with Crippen molar-refractivity contribution >= 4 is 27.8 Å². The van der Waals surface area contributed by atoms with Crippen LogP contribution in [0.4, 0.5) is 8.78 Å². The minimum Gasteiger partial charge on any atom is -0.407 e. The van der Waals surface area contributed by atoms with Crippen LogP contribution in [0.3, 0.4) is 0 Å². The third-order valence-electron chi connectivity index (χ3n) is 2.34. The maximum Gasteiger partial charge on any atom is 0.388 e. The average Bonchev–Trinajstić information content (AvgIpc) is 2.36. The lowest BCUT2D eigenvalue weighted by Gasteiger charge is -2.17. The summed E-state index contributed by atoms with van der Waals surface area (Å²) in [4.78, 5) is 15.2. The molecule has 116 valence electrons. The predicted molar refractivity (Wildman–Crippen MR) is 78.9 cm³/mol. The molecule has 0 fully saturated rings. The van der Waals surface area contributed by atoms with Gasteiger partial charge in [-0.1, -0.05) is 34.1 Å². The van der Waals surface area contributed by atoms with E-state index in [0.717, 1.165) is 6.07 Å². The zero-order chi connectivity index (χ0) is 16.3. The minimum absolute atomic E-state index is 0.330. The molecule has 1 aromatic carbocycles. The molecule has 0 aliphatic rings. The van der Waals surface area contributed by atoms with E-state index in [-0.39, 0.29) is 5.90 Å². The maximum atomic E-state index is 14.1. The van der Waals surface area contributed by atoms with Gasteiger partial charge in [0.15, 0.2) is 11.7 Å². The Hall–Kier alpha value is -1.38. The summed E-state index contributed by atoms with van der Waals surface area (Å²) < 4.78 is 32.6. The van der Waals surface area contributed by atoms with Gasteiger partial charge in [0.05, 0.1) is 0 Å². The molecule has 0 radical (unpaired) electrons. The highest BCUT2D eigenvalue weighted by atomic mass is 79.9. The maximum absolute atomic E-state index is 14.1. The molecule has 0 aliphatic heterocycles. The van der Waals surface area contributed by atoms with Crippen molar-refractivity contribution in [3.63, 3.8) is 0 Å². The van der Waals surface area contributed by atoms with Crippen LogP contribution < -0.4 is 11.5 Å². The summed E-state index contributed by atoms with van der Waals surface area (Å²) in [6.45, 7) is 2.56. The van der Waals surface area contributed by atoms with Crippen LogP contribution in [0.2, 0.25) is 0 Å². The summed E-state index contributed by atoms with van der Waals surface area (Å²) in [5.74, 6) is -7.37. The van der Waals surface area contributed by atoms with E-state index in [1.165, 1.54) is 26.0 Å². The van der Waals surface area contributed by atoms with Gasteiger partial charge in [-0.2, -0.15) is 8.78 Å². The number of carbonyl (C=O) groups is 1. The van der Waals surface area contributed by atoms with Crippen LogP contribution in [-0.4, -0.2) is 17.7 Å². The summed E-state index contributed by atoms with van der Waals surface area (Å²) in [6.07, 6.45) is 0. The first-order chi connectivity index (χ1) is 9.56. The molecule has 0 aromatic heterocycles. The summed E-state index contributed by atoms with van der Waals surface area (Å²) in [5.41, 5.74) is 10.9. The van der Waals surface area contributed by atoms with Gasteiger partial charge in [0, 0.05) is 17.8 Å². The molecule has 0 saturated heterocycles. The number of ether oxygens (including phenoxy) is 1. The fraction of sp³-hybridized carbons (Fsp3) is 0.385. The topological polar surface area (TPSA) is 90.7 Å².